The molecule has 0 saturated heterocycles. The molecule has 2 atom stereocenters. The molecular weight excluding hydrogens is 520 g/mol. The molecule has 1 aliphatic rings. The predicted molar refractivity (Wildman–Crippen MR) is 146 cm³/mol. The minimum atomic E-state index is -1.15. The van der Waals surface area contributed by atoms with E-state index in [0.717, 1.165) is 0 Å². The highest BCUT2D eigenvalue weighted by atomic mass is 16.5. The number of rotatable bonds is 13. The van der Waals surface area contributed by atoms with Gasteiger partial charge in [0.25, 0.3) is 0 Å². The summed E-state index contributed by atoms with van der Waals surface area (Å²) in [5.41, 5.74) is 4.52. The average molecular weight is 553 g/mol. The number of carbonyl (C=O) groups is 2. The smallest absolute Gasteiger partial charge is 0.337 e. The maximum Gasteiger partial charge on any atom is 0.337 e. The number of methoxy groups -OCH3 is 2. The number of urea groups is 1. The fourth-order valence-corrected chi connectivity index (χ4v) is 3.82. The summed E-state index contributed by atoms with van der Waals surface area (Å²) in [5.74, 6) is 3.53. The van der Waals surface area contributed by atoms with Gasteiger partial charge in [0, 0.05) is 5.70 Å². The van der Waals surface area contributed by atoms with Crippen molar-refractivity contribution in [1.29, 1.82) is 0 Å². The molecule has 2 aromatic carbocycles. The van der Waals surface area contributed by atoms with Crippen LogP contribution < -0.4 is 35.0 Å². The molecule has 0 radical (unpaired) electrons. The minimum Gasteiger partial charge on any atom is -0.493 e. The van der Waals surface area contributed by atoms with Crippen molar-refractivity contribution in [3.05, 3.63) is 58.8 Å². The van der Waals surface area contributed by atoms with Crippen molar-refractivity contribution in [2.45, 2.75) is 26.1 Å². The van der Waals surface area contributed by atoms with Crippen molar-refractivity contribution in [2.24, 2.45) is 5.10 Å². The largest absolute Gasteiger partial charge is 0.493 e. The van der Waals surface area contributed by atoms with Crippen molar-refractivity contribution in [3.8, 4) is 35.3 Å². The van der Waals surface area contributed by atoms with Gasteiger partial charge in [-0.2, -0.15) is 5.10 Å². The molecular formula is C28H32N4O8. The first-order valence-corrected chi connectivity index (χ1v) is 12.3. The van der Waals surface area contributed by atoms with Gasteiger partial charge < -0.3 is 39.4 Å². The van der Waals surface area contributed by atoms with E-state index in [9.17, 15) is 14.7 Å². The fourth-order valence-electron chi connectivity index (χ4n) is 3.82. The zero-order valence-electron chi connectivity index (χ0n) is 22.6. The SMILES string of the molecule is C#CCOc1ccc(/C=N\N[C@@H](O)COc2ccc([C@H]3NC(=O)NC(C)=C3C(=O)OC)cc2OCC)cc1OC. The Balaban J connectivity index is 1.67. The van der Waals surface area contributed by atoms with Crippen molar-refractivity contribution >= 4 is 18.2 Å². The van der Waals surface area contributed by atoms with E-state index >= 15 is 0 Å². The van der Waals surface area contributed by atoms with Gasteiger partial charge in [0.1, 0.15) is 13.2 Å². The second-order valence-electron chi connectivity index (χ2n) is 8.32. The molecule has 0 bridgehead atoms. The number of terminal acetylenes is 1. The number of allylic oxidation sites excluding steroid dienone is 1. The summed E-state index contributed by atoms with van der Waals surface area (Å²) in [5, 5.41) is 19.7. The highest BCUT2D eigenvalue weighted by molar-refractivity contribution is 5.95. The van der Waals surface area contributed by atoms with E-state index in [1.165, 1.54) is 20.4 Å². The number of aliphatic hydroxyl groups is 1. The van der Waals surface area contributed by atoms with Crippen LogP contribution in [0.1, 0.15) is 31.0 Å². The first-order valence-electron chi connectivity index (χ1n) is 12.3. The van der Waals surface area contributed by atoms with Gasteiger partial charge in [-0.3, -0.25) is 5.43 Å². The van der Waals surface area contributed by atoms with E-state index in [4.69, 9.17) is 30.1 Å². The quantitative estimate of drug-likeness (QED) is 0.0965. The van der Waals surface area contributed by atoms with Crippen LogP contribution in [0.15, 0.2) is 52.8 Å². The van der Waals surface area contributed by atoms with Gasteiger partial charge in [-0.25, -0.2) is 9.59 Å². The van der Waals surface area contributed by atoms with Gasteiger partial charge >= 0.3 is 12.0 Å². The lowest BCUT2D eigenvalue weighted by Crippen LogP contribution is -2.45. The average Bonchev–Trinajstić information content (AvgIpc) is 2.95. The maximum absolute atomic E-state index is 12.4. The number of aliphatic hydroxyl groups excluding tert-OH is 1. The van der Waals surface area contributed by atoms with Crippen molar-refractivity contribution in [3.63, 3.8) is 0 Å². The van der Waals surface area contributed by atoms with Crippen molar-refractivity contribution < 1.29 is 38.4 Å². The summed E-state index contributed by atoms with van der Waals surface area (Å²) in [7, 11) is 2.78. The summed E-state index contributed by atoms with van der Waals surface area (Å²) < 4.78 is 27.1. The van der Waals surface area contributed by atoms with Crippen molar-refractivity contribution in [1.82, 2.24) is 16.1 Å². The Bertz CT molecular complexity index is 1320. The number of nitrogens with one attached hydrogen (secondary N) is 3. The Kier molecular flexibility index (Phi) is 10.6. The lowest BCUT2D eigenvalue weighted by atomic mass is 9.95. The molecule has 2 aromatic rings. The molecule has 0 aromatic heterocycles. The van der Waals surface area contributed by atoms with Crippen LogP contribution in [0, 0.1) is 12.3 Å². The summed E-state index contributed by atoms with van der Waals surface area (Å²) >= 11 is 0. The van der Waals surface area contributed by atoms with Gasteiger partial charge in [0.05, 0.1) is 38.7 Å². The summed E-state index contributed by atoms with van der Waals surface area (Å²) in [6.07, 6.45) is 5.58. The second-order valence-corrected chi connectivity index (χ2v) is 8.32. The Labute approximate surface area is 232 Å². The number of amides is 2. The Morgan fingerprint density at radius 2 is 1.90 bits per heavy atom. The van der Waals surface area contributed by atoms with Crippen LogP contribution in [0.3, 0.4) is 0 Å². The molecule has 0 unspecified atom stereocenters. The molecule has 4 N–H and O–H groups in total. The molecule has 0 aliphatic carbocycles. The first kappa shape index (κ1) is 29.7. The Morgan fingerprint density at radius 1 is 1.15 bits per heavy atom. The second kappa shape index (κ2) is 14.3. The van der Waals surface area contributed by atoms with E-state index in [2.05, 4.69) is 27.1 Å². The van der Waals surface area contributed by atoms with Crippen LogP contribution in [0.25, 0.3) is 0 Å². The van der Waals surface area contributed by atoms with E-state index in [0.29, 0.717) is 46.4 Å². The molecule has 40 heavy (non-hydrogen) atoms. The third-order valence-corrected chi connectivity index (χ3v) is 5.61. The lowest BCUT2D eigenvalue weighted by Gasteiger charge is -2.28. The van der Waals surface area contributed by atoms with Gasteiger partial charge in [0.15, 0.2) is 29.2 Å². The number of hydrogen-bond donors (Lipinski definition) is 4. The van der Waals surface area contributed by atoms with Gasteiger partial charge in [0.2, 0.25) is 0 Å². The summed E-state index contributed by atoms with van der Waals surface area (Å²) in [6, 6.07) is 8.94. The van der Waals surface area contributed by atoms with E-state index in [1.807, 2.05) is 0 Å². The van der Waals surface area contributed by atoms with Crippen LogP contribution in [-0.2, 0) is 9.53 Å². The van der Waals surface area contributed by atoms with Gasteiger partial charge in [-0.1, -0.05) is 12.0 Å². The summed E-state index contributed by atoms with van der Waals surface area (Å²) in [6.45, 7) is 3.72. The number of esters is 1. The molecule has 0 saturated carbocycles. The van der Waals surface area contributed by atoms with Crippen LogP contribution in [-0.4, -0.2) is 63.6 Å². The predicted octanol–water partition coefficient (Wildman–Crippen LogP) is 2.23. The standard InChI is InChI=1S/C28H32N4O8/c1-6-12-39-20-10-8-18(13-22(20)36-4)15-29-32-24(33)16-40-21-11-9-19(14-23(21)38-7-2)26-25(27(34)37-5)17(3)30-28(35)31-26/h1,8-11,13-15,24,26,32-33H,7,12,16H2,2-5H3,(H2,30,31,35)/b29-15-/t24-,26+/m0/s1. The maximum atomic E-state index is 12.4. The topological polar surface area (TPSA) is 149 Å². The number of carbonyl (C=O) groups excluding carboxylic acids is 2. The lowest BCUT2D eigenvalue weighted by molar-refractivity contribution is -0.136. The van der Waals surface area contributed by atoms with Crippen LogP contribution in [0.2, 0.25) is 0 Å². The van der Waals surface area contributed by atoms with E-state index in [1.54, 1.807) is 50.2 Å². The Morgan fingerprint density at radius 3 is 2.60 bits per heavy atom. The zero-order valence-corrected chi connectivity index (χ0v) is 22.6. The summed E-state index contributed by atoms with van der Waals surface area (Å²) in [4.78, 5) is 24.5. The molecule has 1 aliphatic heterocycles. The first-order chi connectivity index (χ1) is 19.3. The van der Waals surface area contributed by atoms with Crippen LogP contribution in [0.4, 0.5) is 4.79 Å². The molecule has 12 nitrogen and oxygen atoms in total. The highest BCUT2D eigenvalue weighted by Crippen LogP contribution is 2.35. The number of hydrogen-bond acceptors (Lipinski definition) is 10. The Hall–Kier alpha value is -4.89. The van der Waals surface area contributed by atoms with Crippen LogP contribution in [0.5, 0.6) is 23.0 Å². The minimum absolute atomic E-state index is 0.116. The molecule has 0 spiro atoms. The fraction of sp³-hybridized carbons (Fsp3) is 0.321. The zero-order chi connectivity index (χ0) is 29.1. The number of hydrazone groups is 1. The molecule has 212 valence electrons. The molecule has 3 rings (SSSR count). The van der Waals surface area contributed by atoms with Gasteiger partial charge in [-0.05, 0) is 55.3 Å². The molecule has 2 amide bonds. The van der Waals surface area contributed by atoms with Crippen molar-refractivity contribution in [2.75, 3.05) is 34.0 Å². The normalized spacial score (nSPS) is 15.4. The van der Waals surface area contributed by atoms with Crippen LogP contribution >= 0.6 is 0 Å². The third kappa shape index (κ3) is 7.58. The number of benzene rings is 2. The molecule has 0 fully saturated rings. The van der Waals surface area contributed by atoms with E-state index < -0.39 is 24.3 Å². The third-order valence-electron chi connectivity index (χ3n) is 5.61. The van der Waals surface area contributed by atoms with Gasteiger partial charge in [-0.15, -0.1) is 6.42 Å². The molecule has 1 heterocycles. The number of ether oxygens (including phenoxy) is 5. The highest BCUT2D eigenvalue weighted by Gasteiger charge is 2.32. The number of nitrogens with zero attached hydrogens (tertiary/aromatic N) is 1. The molecule has 12 heteroatoms. The van der Waals surface area contributed by atoms with E-state index in [-0.39, 0.29) is 18.8 Å². The monoisotopic (exact) mass is 552 g/mol.